The maximum atomic E-state index is 12.9. The molecule has 8 heteroatoms. The number of benzene rings is 1. The van der Waals surface area contributed by atoms with Crippen LogP contribution < -0.4 is 10.5 Å². The third kappa shape index (κ3) is 3.65. The second-order valence-corrected chi connectivity index (χ2v) is 7.97. The molecule has 0 spiro atoms. The Bertz CT molecular complexity index is 1300. The Labute approximate surface area is 179 Å². The van der Waals surface area contributed by atoms with Gasteiger partial charge in [0.15, 0.2) is 0 Å². The van der Waals surface area contributed by atoms with Crippen molar-refractivity contribution in [1.82, 2.24) is 24.4 Å². The molecule has 1 aliphatic heterocycles. The van der Waals surface area contributed by atoms with Gasteiger partial charge in [0.1, 0.15) is 11.0 Å². The monoisotopic (exact) mass is 416 g/mol. The maximum absolute atomic E-state index is 12.9. The highest BCUT2D eigenvalue weighted by atomic mass is 16.2. The van der Waals surface area contributed by atoms with Gasteiger partial charge in [-0.05, 0) is 31.2 Å². The number of hydrogen-bond acceptors (Lipinski definition) is 5. The molecule has 1 aliphatic rings. The van der Waals surface area contributed by atoms with E-state index in [4.69, 9.17) is 0 Å². The van der Waals surface area contributed by atoms with Crippen molar-refractivity contribution in [3.05, 3.63) is 65.0 Å². The summed E-state index contributed by atoms with van der Waals surface area (Å²) in [5, 5.41) is 0.946. The first-order chi connectivity index (χ1) is 15.1. The highest BCUT2D eigenvalue weighted by Crippen LogP contribution is 2.22. The molecule has 0 bridgehead atoms. The van der Waals surface area contributed by atoms with Gasteiger partial charge >= 0.3 is 0 Å². The van der Waals surface area contributed by atoms with Crippen molar-refractivity contribution in [2.75, 3.05) is 31.1 Å². The van der Waals surface area contributed by atoms with Crippen LogP contribution in [-0.2, 0) is 11.3 Å². The van der Waals surface area contributed by atoms with E-state index in [2.05, 4.69) is 19.9 Å². The van der Waals surface area contributed by atoms with Gasteiger partial charge in [0.05, 0.1) is 18.2 Å². The number of H-pyrrole nitrogens is 1. The minimum atomic E-state index is -0.145. The molecule has 1 amide bonds. The first-order valence-corrected chi connectivity index (χ1v) is 10.5. The van der Waals surface area contributed by atoms with Crippen molar-refractivity contribution < 1.29 is 4.79 Å². The third-order valence-electron chi connectivity index (χ3n) is 5.94. The van der Waals surface area contributed by atoms with Crippen molar-refractivity contribution in [3.63, 3.8) is 0 Å². The van der Waals surface area contributed by atoms with Crippen LogP contribution in [-0.4, -0.2) is 56.5 Å². The molecular formula is C23H24N6O2. The molecule has 0 aliphatic carbocycles. The predicted molar refractivity (Wildman–Crippen MR) is 120 cm³/mol. The molecule has 4 aromatic rings. The number of carbonyl (C=O) groups excluding carboxylic acids is 1. The first-order valence-electron chi connectivity index (χ1n) is 10.5. The molecule has 1 saturated heterocycles. The van der Waals surface area contributed by atoms with E-state index < -0.39 is 0 Å². The van der Waals surface area contributed by atoms with Crippen LogP contribution in [0.5, 0.6) is 0 Å². The van der Waals surface area contributed by atoms with E-state index in [0.29, 0.717) is 30.7 Å². The normalized spacial score (nSPS) is 14.5. The zero-order valence-corrected chi connectivity index (χ0v) is 17.4. The molecule has 1 N–H and O–H groups in total. The lowest BCUT2D eigenvalue weighted by molar-refractivity contribution is -0.131. The van der Waals surface area contributed by atoms with Crippen molar-refractivity contribution in [3.8, 4) is 0 Å². The minimum Gasteiger partial charge on any atom is -0.367 e. The molecule has 31 heavy (non-hydrogen) atoms. The molecule has 8 nitrogen and oxygen atoms in total. The summed E-state index contributed by atoms with van der Waals surface area (Å²) in [5.41, 5.74) is 4.11. The van der Waals surface area contributed by atoms with E-state index in [1.807, 2.05) is 48.4 Å². The van der Waals surface area contributed by atoms with Gasteiger partial charge in [-0.15, -0.1) is 0 Å². The third-order valence-corrected chi connectivity index (χ3v) is 5.94. The molecule has 0 radical (unpaired) electrons. The quantitative estimate of drug-likeness (QED) is 0.552. The fourth-order valence-corrected chi connectivity index (χ4v) is 4.19. The van der Waals surface area contributed by atoms with Crippen molar-refractivity contribution in [2.45, 2.75) is 19.9 Å². The molecule has 0 atom stereocenters. The number of anilines is 1. The van der Waals surface area contributed by atoms with Crippen LogP contribution in [0, 0.1) is 6.92 Å². The molecule has 0 saturated carbocycles. The predicted octanol–water partition coefficient (Wildman–Crippen LogP) is 2.32. The highest BCUT2D eigenvalue weighted by molar-refractivity contribution is 6.04. The lowest BCUT2D eigenvalue weighted by atomic mass is 10.2. The number of hydrogen-bond donors (Lipinski definition) is 1. The van der Waals surface area contributed by atoms with Crippen molar-refractivity contribution in [2.24, 2.45) is 0 Å². The molecule has 1 fully saturated rings. The van der Waals surface area contributed by atoms with E-state index in [9.17, 15) is 9.59 Å². The molecular weight excluding hydrogens is 392 g/mol. The summed E-state index contributed by atoms with van der Waals surface area (Å²) in [7, 11) is 0. The van der Waals surface area contributed by atoms with Gasteiger partial charge in [-0.25, -0.2) is 4.98 Å². The smallest absolute Gasteiger partial charge is 0.277 e. The number of nitrogens with zero attached hydrogens (tertiary/aromatic N) is 5. The first kappa shape index (κ1) is 19.3. The second kappa shape index (κ2) is 7.86. The second-order valence-electron chi connectivity index (χ2n) is 7.97. The van der Waals surface area contributed by atoms with Gasteiger partial charge in [0, 0.05) is 56.2 Å². The van der Waals surface area contributed by atoms with Crippen LogP contribution in [0.2, 0.25) is 0 Å². The van der Waals surface area contributed by atoms with Gasteiger partial charge in [-0.1, -0.05) is 11.6 Å². The Balaban J connectivity index is 1.26. The van der Waals surface area contributed by atoms with Gasteiger partial charge in [0.2, 0.25) is 5.91 Å². The standard InChI is InChI=1S/C23H24N6O2/c1-16-4-5-19-18(13-16)21-22(26-19)23(31)29(15-25-21)8-6-20(30)28-11-9-27(10-12-28)17-3-2-7-24-14-17/h2-5,7,13-15,26H,6,8-12H2,1H3. The topological polar surface area (TPSA) is 87.1 Å². The number of pyridine rings is 1. The van der Waals surface area contributed by atoms with Crippen LogP contribution >= 0.6 is 0 Å². The van der Waals surface area contributed by atoms with Crippen LogP contribution in [0.1, 0.15) is 12.0 Å². The number of carbonyl (C=O) groups is 1. The fraction of sp³-hybridized carbons (Fsp3) is 0.304. The van der Waals surface area contributed by atoms with Gasteiger partial charge < -0.3 is 14.8 Å². The Morgan fingerprint density at radius 3 is 2.77 bits per heavy atom. The zero-order valence-electron chi connectivity index (χ0n) is 17.4. The van der Waals surface area contributed by atoms with E-state index in [1.54, 1.807) is 12.5 Å². The summed E-state index contributed by atoms with van der Waals surface area (Å²) in [6.07, 6.45) is 5.43. The van der Waals surface area contributed by atoms with E-state index >= 15 is 0 Å². The number of aryl methyl sites for hydroxylation is 2. The van der Waals surface area contributed by atoms with Crippen molar-refractivity contribution >= 4 is 33.5 Å². The summed E-state index contributed by atoms with van der Waals surface area (Å²) in [6, 6.07) is 9.95. The van der Waals surface area contributed by atoms with Gasteiger partial charge in [-0.2, -0.15) is 0 Å². The largest absolute Gasteiger partial charge is 0.367 e. The number of nitrogens with one attached hydrogen (secondary N) is 1. The molecule has 1 aromatic carbocycles. The Morgan fingerprint density at radius 1 is 1.16 bits per heavy atom. The van der Waals surface area contributed by atoms with Gasteiger partial charge in [-0.3, -0.25) is 19.1 Å². The Morgan fingerprint density at radius 2 is 2.00 bits per heavy atom. The summed E-state index contributed by atoms with van der Waals surface area (Å²) in [5.74, 6) is 0.0603. The number of piperazine rings is 1. The molecule has 0 unspecified atom stereocenters. The van der Waals surface area contributed by atoms with E-state index in [0.717, 1.165) is 35.2 Å². The van der Waals surface area contributed by atoms with E-state index in [-0.39, 0.29) is 17.9 Å². The summed E-state index contributed by atoms with van der Waals surface area (Å²) < 4.78 is 1.52. The number of aromatic nitrogens is 4. The summed E-state index contributed by atoms with van der Waals surface area (Å²) in [6.45, 7) is 5.22. The lowest BCUT2D eigenvalue weighted by Gasteiger charge is -2.36. The number of fused-ring (bicyclic) bond motifs is 3. The van der Waals surface area contributed by atoms with Crippen LogP contribution in [0.4, 0.5) is 5.69 Å². The Kier molecular flexibility index (Phi) is 4.89. The molecule has 3 aromatic heterocycles. The van der Waals surface area contributed by atoms with Gasteiger partial charge in [0.25, 0.3) is 5.56 Å². The number of rotatable bonds is 4. The average molecular weight is 416 g/mol. The summed E-state index contributed by atoms with van der Waals surface area (Å²) in [4.78, 5) is 41.6. The van der Waals surface area contributed by atoms with Crippen LogP contribution in [0.25, 0.3) is 21.9 Å². The minimum absolute atomic E-state index is 0.0603. The molecule has 5 rings (SSSR count). The maximum Gasteiger partial charge on any atom is 0.277 e. The number of aromatic amines is 1. The molecule has 4 heterocycles. The van der Waals surface area contributed by atoms with Crippen LogP contribution in [0.15, 0.2) is 53.8 Å². The molecule has 158 valence electrons. The highest BCUT2D eigenvalue weighted by Gasteiger charge is 2.21. The SMILES string of the molecule is Cc1ccc2[nH]c3c(=O)n(CCC(=O)N4CCN(c5cccnc5)CC4)cnc3c2c1. The Hall–Kier alpha value is -3.68. The van der Waals surface area contributed by atoms with E-state index in [1.165, 1.54) is 4.57 Å². The lowest BCUT2D eigenvalue weighted by Crippen LogP contribution is -2.49. The van der Waals surface area contributed by atoms with Crippen LogP contribution in [0.3, 0.4) is 0 Å². The van der Waals surface area contributed by atoms with Crippen molar-refractivity contribution in [1.29, 1.82) is 0 Å². The summed E-state index contributed by atoms with van der Waals surface area (Å²) >= 11 is 0. The zero-order chi connectivity index (χ0) is 21.4. The fourth-order valence-electron chi connectivity index (χ4n) is 4.19. The average Bonchev–Trinajstić information content (AvgIpc) is 3.18. The number of amides is 1.